The summed E-state index contributed by atoms with van der Waals surface area (Å²) in [7, 11) is -2.36. The molecule has 118 valence electrons. The van der Waals surface area contributed by atoms with Crippen LogP contribution in [0.15, 0.2) is 12.1 Å². The van der Waals surface area contributed by atoms with Gasteiger partial charge in [0.05, 0.1) is 0 Å². The molecule has 0 aliphatic rings. The van der Waals surface area contributed by atoms with Gasteiger partial charge in [-0.1, -0.05) is 74.4 Å². The number of hydrogen-bond donors (Lipinski definition) is 1. The first-order chi connectivity index (χ1) is 9.15. The fourth-order valence-corrected chi connectivity index (χ4v) is 3.63. The van der Waals surface area contributed by atoms with Gasteiger partial charge in [-0.3, -0.25) is 0 Å². The SMILES string of the molecule is CC(C)(C)c1cc(C(C)(C)C)c([P+](=O)O)c(C(C)(C)C)c1. The third-order valence-electron chi connectivity index (χ3n) is 3.78. The lowest BCUT2D eigenvalue weighted by Gasteiger charge is -2.29. The van der Waals surface area contributed by atoms with Crippen molar-refractivity contribution in [2.24, 2.45) is 0 Å². The highest BCUT2D eigenvalue weighted by atomic mass is 31.1. The lowest BCUT2D eigenvalue weighted by atomic mass is 9.75. The molecule has 1 unspecified atom stereocenters. The summed E-state index contributed by atoms with van der Waals surface area (Å²) < 4.78 is 12.0. The van der Waals surface area contributed by atoms with E-state index in [1.54, 1.807) is 0 Å². The Morgan fingerprint density at radius 1 is 0.762 bits per heavy atom. The van der Waals surface area contributed by atoms with Crippen molar-refractivity contribution in [2.75, 3.05) is 0 Å². The second-order valence-corrected chi connectivity index (χ2v) is 9.94. The predicted octanol–water partition coefficient (Wildman–Crippen LogP) is 4.94. The molecule has 0 aliphatic carbocycles. The second kappa shape index (κ2) is 5.48. The maximum atomic E-state index is 12.0. The Balaban J connectivity index is 3.89. The van der Waals surface area contributed by atoms with Gasteiger partial charge in [0.1, 0.15) is 0 Å². The Morgan fingerprint density at radius 3 is 1.29 bits per heavy atom. The third kappa shape index (κ3) is 4.14. The molecule has 1 aromatic carbocycles. The van der Waals surface area contributed by atoms with Crippen LogP contribution in [0.2, 0.25) is 0 Å². The topological polar surface area (TPSA) is 37.3 Å². The monoisotopic (exact) mass is 309 g/mol. The molecule has 1 rings (SSSR count). The van der Waals surface area contributed by atoms with Crippen LogP contribution in [-0.4, -0.2) is 4.89 Å². The Hall–Kier alpha value is -0.720. The van der Waals surface area contributed by atoms with Gasteiger partial charge in [0.25, 0.3) is 0 Å². The summed E-state index contributed by atoms with van der Waals surface area (Å²) in [4.78, 5) is 9.91. The maximum absolute atomic E-state index is 12.0. The molecule has 0 radical (unpaired) electrons. The zero-order chi connectivity index (χ0) is 16.8. The van der Waals surface area contributed by atoms with Crippen molar-refractivity contribution in [2.45, 2.75) is 78.6 Å². The van der Waals surface area contributed by atoms with Crippen LogP contribution in [-0.2, 0) is 20.8 Å². The summed E-state index contributed by atoms with van der Waals surface area (Å²) in [5, 5.41) is 0.623. The number of hydrogen-bond acceptors (Lipinski definition) is 1. The molecule has 1 N–H and O–H groups in total. The Kier molecular flexibility index (Phi) is 4.79. The second-order valence-electron chi connectivity index (χ2n) is 8.94. The first-order valence-corrected chi connectivity index (χ1v) is 8.72. The Bertz CT molecular complexity index is 517. The molecular formula is C18H30O2P+. The van der Waals surface area contributed by atoms with Crippen molar-refractivity contribution in [3.8, 4) is 0 Å². The normalized spacial score (nSPS) is 14.3. The Labute approximate surface area is 130 Å². The van der Waals surface area contributed by atoms with E-state index in [1.165, 1.54) is 5.56 Å². The third-order valence-corrected chi connectivity index (χ3v) is 4.65. The van der Waals surface area contributed by atoms with Crippen LogP contribution in [0.25, 0.3) is 0 Å². The lowest BCUT2D eigenvalue weighted by molar-refractivity contribution is 0.506. The van der Waals surface area contributed by atoms with Crippen molar-refractivity contribution in [1.29, 1.82) is 0 Å². The standard InChI is InChI=1S/C18H29O2P/c1-16(2,3)12-10-13(17(4,5)6)15(21(19)20)14(11-12)18(7,8)9/h10-11H,1-9H3/p+1. The minimum Gasteiger partial charge on any atom is -0.156 e. The molecule has 0 spiro atoms. The van der Waals surface area contributed by atoms with Crippen molar-refractivity contribution in [3.63, 3.8) is 0 Å². The van der Waals surface area contributed by atoms with Crippen LogP contribution < -0.4 is 5.30 Å². The molecule has 0 amide bonds. The molecular weight excluding hydrogens is 279 g/mol. The zero-order valence-corrected chi connectivity index (χ0v) is 15.9. The average molecular weight is 309 g/mol. The van der Waals surface area contributed by atoms with E-state index in [9.17, 15) is 9.46 Å². The minimum atomic E-state index is -2.36. The van der Waals surface area contributed by atoms with Crippen molar-refractivity contribution in [3.05, 3.63) is 28.8 Å². The van der Waals surface area contributed by atoms with Crippen LogP contribution in [0.1, 0.15) is 79.0 Å². The highest BCUT2D eigenvalue weighted by molar-refractivity contribution is 7.47. The van der Waals surface area contributed by atoms with Gasteiger partial charge in [0, 0.05) is 11.1 Å². The van der Waals surface area contributed by atoms with Gasteiger partial charge >= 0.3 is 8.03 Å². The molecule has 0 saturated carbocycles. The zero-order valence-electron chi connectivity index (χ0n) is 15.0. The maximum Gasteiger partial charge on any atom is 0.546 e. The van der Waals surface area contributed by atoms with Gasteiger partial charge in [-0.2, -0.15) is 4.89 Å². The van der Waals surface area contributed by atoms with E-state index >= 15 is 0 Å². The van der Waals surface area contributed by atoms with E-state index < -0.39 is 8.03 Å². The lowest BCUT2D eigenvalue weighted by Crippen LogP contribution is -2.30. The fraction of sp³-hybridized carbons (Fsp3) is 0.667. The number of benzene rings is 1. The molecule has 0 heterocycles. The van der Waals surface area contributed by atoms with Crippen LogP contribution in [0.3, 0.4) is 0 Å². The summed E-state index contributed by atoms with van der Waals surface area (Å²) >= 11 is 0. The Morgan fingerprint density at radius 2 is 1.10 bits per heavy atom. The highest BCUT2D eigenvalue weighted by Crippen LogP contribution is 2.37. The van der Waals surface area contributed by atoms with Gasteiger partial charge in [0.15, 0.2) is 0 Å². The van der Waals surface area contributed by atoms with E-state index in [1.807, 2.05) is 0 Å². The van der Waals surface area contributed by atoms with Gasteiger partial charge in [0.2, 0.25) is 5.30 Å². The molecule has 1 atom stereocenters. The predicted molar refractivity (Wildman–Crippen MR) is 92.0 cm³/mol. The summed E-state index contributed by atoms with van der Waals surface area (Å²) in [6, 6.07) is 4.24. The van der Waals surface area contributed by atoms with E-state index in [0.717, 1.165) is 11.1 Å². The van der Waals surface area contributed by atoms with Gasteiger partial charge < -0.3 is 0 Å². The molecule has 0 aliphatic heterocycles. The molecule has 21 heavy (non-hydrogen) atoms. The molecule has 0 saturated heterocycles. The van der Waals surface area contributed by atoms with Crippen LogP contribution in [0.4, 0.5) is 0 Å². The van der Waals surface area contributed by atoms with E-state index in [0.29, 0.717) is 5.30 Å². The van der Waals surface area contributed by atoms with Gasteiger partial charge in [-0.15, -0.1) is 0 Å². The van der Waals surface area contributed by atoms with Crippen LogP contribution in [0, 0.1) is 0 Å². The van der Waals surface area contributed by atoms with Crippen molar-refractivity contribution >= 4 is 13.3 Å². The minimum absolute atomic E-state index is 0.0135. The first kappa shape index (κ1) is 18.3. The van der Waals surface area contributed by atoms with Crippen molar-refractivity contribution in [1.82, 2.24) is 0 Å². The average Bonchev–Trinajstić information content (AvgIpc) is 2.23. The summed E-state index contributed by atoms with van der Waals surface area (Å²) in [5.74, 6) is 0. The summed E-state index contributed by atoms with van der Waals surface area (Å²) in [6.07, 6.45) is 0. The highest BCUT2D eigenvalue weighted by Gasteiger charge is 2.37. The molecule has 3 heteroatoms. The van der Waals surface area contributed by atoms with Crippen LogP contribution >= 0.6 is 8.03 Å². The number of rotatable bonds is 1. The fourth-order valence-electron chi connectivity index (χ4n) is 2.42. The van der Waals surface area contributed by atoms with Gasteiger partial charge in [-0.25, -0.2) is 0 Å². The summed E-state index contributed by atoms with van der Waals surface area (Å²) in [5.41, 5.74) is 2.89. The summed E-state index contributed by atoms with van der Waals surface area (Å²) in [6.45, 7) is 19.1. The van der Waals surface area contributed by atoms with Crippen LogP contribution in [0.5, 0.6) is 0 Å². The van der Waals surface area contributed by atoms with E-state index in [4.69, 9.17) is 0 Å². The largest absolute Gasteiger partial charge is 0.546 e. The molecule has 0 aromatic heterocycles. The first-order valence-electron chi connectivity index (χ1n) is 7.51. The smallest absolute Gasteiger partial charge is 0.156 e. The molecule has 2 nitrogen and oxygen atoms in total. The van der Waals surface area contributed by atoms with Crippen molar-refractivity contribution < 1.29 is 9.46 Å². The van der Waals surface area contributed by atoms with E-state index in [2.05, 4.69) is 74.4 Å². The molecule has 1 aromatic rings. The molecule has 0 bridgehead atoms. The molecule has 0 fully saturated rings. The van der Waals surface area contributed by atoms with E-state index in [-0.39, 0.29) is 16.2 Å². The quantitative estimate of drug-likeness (QED) is 0.746. The van der Waals surface area contributed by atoms with Gasteiger partial charge in [-0.05, 0) is 26.4 Å².